The average Bonchev–Trinajstić information content (AvgIpc) is 2.47. The van der Waals surface area contributed by atoms with E-state index in [0.29, 0.717) is 10.9 Å². The van der Waals surface area contributed by atoms with E-state index in [4.69, 9.17) is 0 Å². The zero-order valence-corrected chi connectivity index (χ0v) is 13.0. The molecule has 0 nitrogen and oxygen atoms in total. The van der Waals surface area contributed by atoms with Gasteiger partial charge in [-0.2, -0.15) is 0 Å². The molecule has 0 N–H and O–H groups in total. The van der Waals surface area contributed by atoms with Crippen LogP contribution in [-0.4, -0.2) is 0 Å². The number of alkyl halides is 1. The summed E-state index contributed by atoms with van der Waals surface area (Å²) >= 11 is 3.55. The fourth-order valence-corrected chi connectivity index (χ4v) is 3.28. The predicted molar refractivity (Wildman–Crippen MR) is 85.8 cm³/mol. The maximum Gasteiger partial charge on any atom is 0.131 e. The van der Waals surface area contributed by atoms with Crippen molar-refractivity contribution < 1.29 is 8.78 Å². The van der Waals surface area contributed by atoms with Gasteiger partial charge in [0.1, 0.15) is 11.6 Å². The lowest BCUT2D eigenvalue weighted by molar-refractivity contribution is 0.612. The minimum atomic E-state index is -0.316. The van der Waals surface area contributed by atoms with Crippen LogP contribution in [0.5, 0.6) is 0 Å². The molecule has 0 saturated heterocycles. The van der Waals surface area contributed by atoms with Crippen molar-refractivity contribution >= 4 is 26.7 Å². The van der Waals surface area contributed by atoms with E-state index in [1.54, 1.807) is 24.3 Å². The summed E-state index contributed by atoms with van der Waals surface area (Å²) in [6.45, 7) is 1.85. The SMILES string of the molecule is Cc1ccc(C(Br)c2ccc(F)c3ccccc23)c(F)c1. The lowest BCUT2D eigenvalue weighted by Crippen LogP contribution is -1.99. The zero-order chi connectivity index (χ0) is 15.0. The molecule has 106 valence electrons. The summed E-state index contributed by atoms with van der Waals surface area (Å²) in [6, 6.07) is 15.5. The third kappa shape index (κ3) is 2.58. The standard InChI is InChI=1S/C18H13BrF2/c1-11-6-7-15(17(21)10-11)18(19)14-8-9-16(20)13-5-3-2-4-12(13)14/h2-10,18H,1H3. The zero-order valence-electron chi connectivity index (χ0n) is 11.4. The van der Waals surface area contributed by atoms with E-state index in [1.165, 1.54) is 12.1 Å². The molecule has 1 unspecified atom stereocenters. The second-order valence-electron chi connectivity index (χ2n) is 5.07. The van der Waals surface area contributed by atoms with Gasteiger partial charge in [-0.05, 0) is 35.6 Å². The first-order chi connectivity index (χ1) is 10.1. The molecule has 0 spiro atoms. The number of benzene rings is 3. The summed E-state index contributed by atoms with van der Waals surface area (Å²) in [6.07, 6.45) is 0. The first-order valence-corrected chi connectivity index (χ1v) is 7.57. The second kappa shape index (κ2) is 5.57. The minimum absolute atomic E-state index is 0.259. The van der Waals surface area contributed by atoms with Gasteiger partial charge in [-0.25, -0.2) is 8.78 Å². The highest BCUT2D eigenvalue weighted by Gasteiger charge is 2.18. The van der Waals surface area contributed by atoms with Gasteiger partial charge in [0.25, 0.3) is 0 Å². The molecule has 0 aliphatic rings. The normalized spacial score (nSPS) is 12.6. The summed E-state index contributed by atoms with van der Waals surface area (Å²) in [5.74, 6) is -0.524. The molecular weight excluding hydrogens is 334 g/mol. The highest BCUT2D eigenvalue weighted by molar-refractivity contribution is 9.09. The van der Waals surface area contributed by atoms with Gasteiger partial charge in [0, 0.05) is 10.9 Å². The Morgan fingerprint density at radius 1 is 0.810 bits per heavy atom. The number of hydrogen-bond acceptors (Lipinski definition) is 0. The van der Waals surface area contributed by atoms with Crippen LogP contribution in [0.25, 0.3) is 10.8 Å². The van der Waals surface area contributed by atoms with E-state index in [9.17, 15) is 8.78 Å². The Kier molecular flexibility index (Phi) is 3.77. The second-order valence-corrected chi connectivity index (χ2v) is 5.99. The molecule has 0 saturated carbocycles. The van der Waals surface area contributed by atoms with Crippen LogP contribution in [0.4, 0.5) is 8.78 Å². The molecule has 3 aromatic rings. The first kappa shape index (κ1) is 14.2. The Bertz CT molecular complexity index is 811. The molecule has 0 amide bonds. The van der Waals surface area contributed by atoms with E-state index in [1.807, 2.05) is 25.1 Å². The van der Waals surface area contributed by atoms with Crippen molar-refractivity contribution in [2.75, 3.05) is 0 Å². The van der Waals surface area contributed by atoms with Crippen LogP contribution >= 0.6 is 15.9 Å². The van der Waals surface area contributed by atoms with Gasteiger partial charge in [0.15, 0.2) is 0 Å². The lowest BCUT2D eigenvalue weighted by atomic mass is 9.97. The van der Waals surface area contributed by atoms with Crippen molar-refractivity contribution in [3.8, 4) is 0 Å². The third-order valence-corrected chi connectivity index (χ3v) is 4.59. The monoisotopic (exact) mass is 346 g/mol. The van der Waals surface area contributed by atoms with Crippen molar-refractivity contribution in [3.05, 3.63) is 82.9 Å². The molecule has 3 aromatic carbocycles. The Balaban J connectivity index is 2.18. The molecule has 0 heterocycles. The van der Waals surface area contributed by atoms with Crippen molar-refractivity contribution in [3.63, 3.8) is 0 Å². The Morgan fingerprint density at radius 2 is 1.48 bits per heavy atom. The molecule has 21 heavy (non-hydrogen) atoms. The van der Waals surface area contributed by atoms with Crippen LogP contribution in [0.15, 0.2) is 54.6 Å². The molecule has 0 aliphatic carbocycles. The van der Waals surface area contributed by atoms with Crippen LogP contribution in [-0.2, 0) is 0 Å². The van der Waals surface area contributed by atoms with Crippen molar-refractivity contribution in [2.24, 2.45) is 0 Å². The average molecular weight is 347 g/mol. The molecular formula is C18H13BrF2. The summed E-state index contributed by atoms with van der Waals surface area (Å²) in [5.41, 5.74) is 2.28. The number of fused-ring (bicyclic) bond motifs is 1. The molecule has 0 fully saturated rings. The molecule has 1 atom stereocenters. The maximum absolute atomic E-state index is 14.2. The summed E-state index contributed by atoms with van der Waals surface area (Å²) in [5, 5.41) is 1.34. The summed E-state index contributed by atoms with van der Waals surface area (Å²) in [7, 11) is 0. The van der Waals surface area contributed by atoms with Gasteiger partial charge in [0.05, 0.1) is 4.83 Å². The number of hydrogen-bond donors (Lipinski definition) is 0. The first-order valence-electron chi connectivity index (χ1n) is 6.65. The maximum atomic E-state index is 14.2. The Hall–Kier alpha value is -1.74. The Morgan fingerprint density at radius 3 is 2.19 bits per heavy atom. The van der Waals surface area contributed by atoms with Crippen LogP contribution in [0, 0.1) is 18.6 Å². The van der Waals surface area contributed by atoms with Crippen LogP contribution in [0.3, 0.4) is 0 Å². The van der Waals surface area contributed by atoms with E-state index < -0.39 is 0 Å². The van der Waals surface area contributed by atoms with Gasteiger partial charge in [-0.3, -0.25) is 0 Å². The fraction of sp³-hybridized carbons (Fsp3) is 0.111. The quantitative estimate of drug-likeness (QED) is 0.506. The predicted octanol–water partition coefficient (Wildman–Crippen LogP) is 5.91. The van der Waals surface area contributed by atoms with E-state index in [0.717, 1.165) is 16.5 Å². The fourth-order valence-electron chi connectivity index (χ4n) is 2.51. The van der Waals surface area contributed by atoms with Crippen LogP contribution < -0.4 is 0 Å². The van der Waals surface area contributed by atoms with Crippen LogP contribution in [0.2, 0.25) is 0 Å². The molecule has 0 radical (unpaired) electrons. The molecule has 0 aromatic heterocycles. The topological polar surface area (TPSA) is 0 Å². The molecule has 0 bridgehead atoms. The van der Waals surface area contributed by atoms with Gasteiger partial charge in [0.2, 0.25) is 0 Å². The Labute approximate surface area is 130 Å². The number of halogens is 3. The van der Waals surface area contributed by atoms with E-state index in [2.05, 4.69) is 15.9 Å². The summed E-state index contributed by atoms with van der Waals surface area (Å²) < 4.78 is 28.0. The van der Waals surface area contributed by atoms with E-state index in [-0.39, 0.29) is 16.5 Å². The van der Waals surface area contributed by atoms with Crippen molar-refractivity contribution in [1.82, 2.24) is 0 Å². The lowest BCUT2D eigenvalue weighted by Gasteiger charge is -2.15. The largest absolute Gasteiger partial charge is 0.207 e. The smallest absolute Gasteiger partial charge is 0.131 e. The van der Waals surface area contributed by atoms with Gasteiger partial charge in [-0.15, -0.1) is 0 Å². The highest BCUT2D eigenvalue weighted by Crippen LogP contribution is 2.37. The van der Waals surface area contributed by atoms with Gasteiger partial charge in [-0.1, -0.05) is 58.4 Å². The number of rotatable bonds is 2. The van der Waals surface area contributed by atoms with E-state index >= 15 is 0 Å². The number of aryl methyl sites for hydroxylation is 1. The molecule has 3 heteroatoms. The third-order valence-electron chi connectivity index (χ3n) is 3.61. The van der Waals surface area contributed by atoms with Crippen LogP contribution in [0.1, 0.15) is 21.5 Å². The highest BCUT2D eigenvalue weighted by atomic mass is 79.9. The van der Waals surface area contributed by atoms with Gasteiger partial charge < -0.3 is 0 Å². The molecule has 3 rings (SSSR count). The minimum Gasteiger partial charge on any atom is -0.207 e. The van der Waals surface area contributed by atoms with Crippen molar-refractivity contribution in [2.45, 2.75) is 11.8 Å². The molecule has 0 aliphatic heterocycles. The van der Waals surface area contributed by atoms with Crippen molar-refractivity contribution in [1.29, 1.82) is 0 Å². The van der Waals surface area contributed by atoms with Gasteiger partial charge >= 0.3 is 0 Å². The summed E-state index contributed by atoms with van der Waals surface area (Å²) in [4.78, 5) is -0.316.